The molecule has 0 radical (unpaired) electrons. The van der Waals surface area contributed by atoms with Crippen LogP contribution in [-0.4, -0.2) is 26.3 Å². The minimum Gasteiger partial charge on any atom is -0.496 e. The third-order valence-electron chi connectivity index (χ3n) is 2.80. The molecule has 0 aliphatic rings. The fourth-order valence-electron chi connectivity index (χ4n) is 1.83. The highest BCUT2D eigenvalue weighted by atomic mass is 79.9. The van der Waals surface area contributed by atoms with E-state index in [2.05, 4.69) is 26.2 Å². The standard InChI is InChI=1S/C15H17BrN2O3/c1-17-8-10-4-11(16)9-18-15(10)21-14-6-12(19-2)5-13(7-14)20-3/h4-7,9,17H,8H2,1-3H3. The largest absolute Gasteiger partial charge is 0.496 e. The van der Waals surface area contributed by atoms with Crippen molar-refractivity contribution in [2.45, 2.75) is 6.54 Å². The molecule has 0 saturated carbocycles. The number of nitrogens with one attached hydrogen (secondary N) is 1. The molecule has 0 aliphatic carbocycles. The van der Waals surface area contributed by atoms with Crippen molar-refractivity contribution in [2.75, 3.05) is 21.3 Å². The lowest BCUT2D eigenvalue weighted by Gasteiger charge is -2.12. The lowest BCUT2D eigenvalue weighted by Crippen LogP contribution is -2.07. The predicted octanol–water partition coefficient (Wildman–Crippen LogP) is 3.37. The fraction of sp³-hybridized carbons (Fsp3) is 0.267. The van der Waals surface area contributed by atoms with Gasteiger partial charge in [0.25, 0.3) is 0 Å². The number of ether oxygens (including phenoxy) is 3. The van der Waals surface area contributed by atoms with E-state index in [-0.39, 0.29) is 0 Å². The molecule has 0 aliphatic heterocycles. The van der Waals surface area contributed by atoms with Crippen LogP contribution in [-0.2, 0) is 6.54 Å². The Balaban J connectivity index is 2.33. The summed E-state index contributed by atoms with van der Waals surface area (Å²) >= 11 is 3.41. The first-order valence-corrected chi connectivity index (χ1v) is 7.15. The zero-order valence-corrected chi connectivity index (χ0v) is 13.7. The molecule has 0 bridgehead atoms. The summed E-state index contributed by atoms with van der Waals surface area (Å²) in [5.74, 6) is 2.48. The second kappa shape index (κ2) is 7.28. The maximum Gasteiger partial charge on any atom is 0.223 e. The van der Waals surface area contributed by atoms with Crippen molar-refractivity contribution in [2.24, 2.45) is 0 Å². The molecule has 1 heterocycles. The van der Waals surface area contributed by atoms with Crippen LogP contribution in [0.5, 0.6) is 23.1 Å². The summed E-state index contributed by atoms with van der Waals surface area (Å²) in [5, 5.41) is 3.09. The number of hydrogen-bond donors (Lipinski definition) is 1. The zero-order chi connectivity index (χ0) is 15.2. The van der Waals surface area contributed by atoms with E-state index in [1.807, 2.05) is 13.1 Å². The minimum atomic E-state index is 0.544. The molecular weight excluding hydrogens is 336 g/mol. The van der Waals surface area contributed by atoms with Gasteiger partial charge in [0.05, 0.1) is 14.2 Å². The van der Waals surface area contributed by atoms with Crippen LogP contribution >= 0.6 is 15.9 Å². The molecular formula is C15H17BrN2O3. The Morgan fingerprint density at radius 1 is 1.05 bits per heavy atom. The Kier molecular flexibility index (Phi) is 5.41. The van der Waals surface area contributed by atoms with Crippen LogP contribution in [0.15, 0.2) is 34.9 Å². The molecule has 112 valence electrons. The first kappa shape index (κ1) is 15.6. The van der Waals surface area contributed by atoms with Crippen LogP contribution in [0.2, 0.25) is 0 Å². The van der Waals surface area contributed by atoms with E-state index in [1.165, 1.54) is 0 Å². The van der Waals surface area contributed by atoms with E-state index in [9.17, 15) is 0 Å². The molecule has 1 aromatic heterocycles. The number of methoxy groups -OCH3 is 2. The van der Waals surface area contributed by atoms with Crippen LogP contribution in [0.1, 0.15) is 5.56 Å². The maximum atomic E-state index is 5.87. The van der Waals surface area contributed by atoms with Crippen LogP contribution in [0.3, 0.4) is 0 Å². The molecule has 1 N–H and O–H groups in total. The first-order chi connectivity index (χ1) is 10.2. The molecule has 0 atom stereocenters. The van der Waals surface area contributed by atoms with Crippen LogP contribution in [0.25, 0.3) is 0 Å². The monoisotopic (exact) mass is 352 g/mol. The number of benzene rings is 1. The second-order valence-corrected chi connectivity index (χ2v) is 5.21. The second-order valence-electron chi connectivity index (χ2n) is 4.30. The average Bonchev–Trinajstić information content (AvgIpc) is 2.50. The van der Waals surface area contributed by atoms with Crippen molar-refractivity contribution in [3.63, 3.8) is 0 Å². The number of pyridine rings is 1. The van der Waals surface area contributed by atoms with Crippen LogP contribution < -0.4 is 19.5 Å². The van der Waals surface area contributed by atoms with Crippen molar-refractivity contribution in [1.29, 1.82) is 0 Å². The van der Waals surface area contributed by atoms with E-state index in [0.717, 1.165) is 10.0 Å². The van der Waals surface area contributed by atoms with Crippen molar-refractivity contribution >= 4 is 15.9 Å². The Morgan fingerprint density at radius 2 is 1.67 bits per heavy atom. The summed E-state index contributed by atoms with van der Waals surface area (Å²) in [5.41, 5.74) is 0.952. The van der Waals surface area contributed by atoms with Gasteiger partial charge in [-0.1, -0.05) is 0 Å². The van der Waals surface area contributed by atoms with E-state index in [1.54, 1.807) is 38.6 Å². The number of rotatable bonds is 6. The molecule has 2 aromatic rings. The SMILES string of the molecule is CNCc1cc(Br)cnc1Oc1cc(OC)cc(OC)c1. The molecule has 5 nitrogen and oxygen atoms in total. The third-order valence-corrected chi connectivity index (χ3v) is 3.23. The summed E-state index contributed by atoms with van der Waals surface area (Å²) in [6.07, 6.45) is 1.70. The first-order valence-electron chi connectivity index (χ1n) is 6.36. The van der Waals surface area contributed by atoms with Gasteiger partial charge in [-0.05, 0) is 29.0 Å². The number of halogens is 1. The lowest BCUT2D eigenvalue weighted by molar-refractivity contribution is 0.384. The Morgan fingerprint density at radius 3 is 2.24 bits per heavy atom. The van der Waals surface area contributed by atoms with Gasteiger partial charge in [0.1, 0.15) is 17.2 Å². The van der Waals surface area contributed by atoms with Gasteiger partial charge in [-0.2, -0.15) is 0 Å². The van der Waals surface area contributed by atoms with Crippen LogP contribution in [0.4, 0.5) is 0 Å². The summed E-state index contributed by atoms with van der Waals surface area (Å²) in [7, 11) is 5.07. The van der Waals surface area contributed by atoms with Gasteiger partial charge in [0.15, 0.2) is 0 Å². The highest BCUT2D eigenvalue weighted by Crippen LogP contribution is 2.31. The quantitative estimate of drug-likeness (QED) is 0.863. The topological polar surface area (TPSA) is 52.6 Å². The highest BCUT2D eigenvalue weighted by molar-refractivity contribution is 9.10. The Labute approximate surface area is 132 Å². The van der Waals surface area contributed by atoms with Gasteiger partial charge < -0.3 is 19.5 Å². The molecule has 2 rings (SSSR count). The number of nitrogens with zero attached hydrogens (tertiary/aromatic N) is 1. The Hall–Kier alpha value is -1.79. The minimum absolute atomic E-state index is 0.544. The zero-order valence-electron chi connectivity index (χ0n) is 12.1. The van der Waals surface area contributed by atoms with Crippen molar-refractivity contribution in [3.05, 3.63) is 40.5 Å². The van der Waals surface area contributed by atoms with E-state index in [4.69, 9.17) is 14.2 Å². The van der Waals surface area contributed by atoms with Gasteiger partial charge in [-0.3, -0.25) is 0 Å². The molecule has 0 fully saturated rings. The summed E-state index contributed by atoms with van der Waals surface area (Å²) < 4.78 is 17.2. The van der Waals surface area contributed by atoms with Gasteiger partial charge >= 0.3 is 0 Å². The summed E-state index contributed by atoms with van der Waals surface area (Å²) in [6, 6.07) is 7.33. The molecule has 0 spiro atoms. The molecule has 0 unspecified atom stereocenters. The molecule has 6 heteroatoms. The highest BCUT2D eigenvalue weighted by Gasteiger charge is 2.09. The molecule has 21 heavy (non-hydrogen) atoms. The van der Waals surface area contributed by atoms with Crippen molar-refractivity contribution in [1.82, 2.24) is 10.3 Å². The van der Waals surface area contributed by atoms with Gasteiger partial charge in [0.2, 0.25) is 5.88 Å². The molecule has 0 saturated heterocycles. The van der Waals surface area contributed by atoms with Crippen molar-refractivity contribution in [3.8, 4) is 23.1 Å². The third kappa shape index (κ3) is 4.09. The summed E-state index contributed by atoms with van der Waals surface area (Å²) in [6.45, 7) is 0.656. The van der Waals surface area contributed by atoms with E-state index < -0.39 is 0 Å². The van der Waals surface area contributed by atoms with Crippen molar-refractivity contribution < 1.29 is 14.2 Å². The van der Waals surface area contributed by atoms with Crippen LogP contribution in [0, 0.1) is 0 Å². The smallest absolute Gasteiger partial charge is 0.223 e. The lowest BCUT2D eigenvalue weighted by atomic mass is 10.2. The van der Waals surface area contributed by atoms with Gasteiger partial charge in [0, 0.05) is 41.0 Å². The predicted molar refractivity (Wildman–Crippen MR) is 84.3 cm³/mol. The van der Waals surface area contributed by atoms with E-state index >= 15 is 0 Å². The Bertz CT molecular complexity index is 598. The van der Waals surface area contributed by atoms with Gasteiger partial charge in [-0.15, -0.1) is 0 Å². The van der Waals surface area contributed by atoms with Gasteiger partial charge in [-0.25, -0.2) is 4.98 Å². The summed E-state index contributed by atoms with van der Waals surface area (Å²) in [4.78, 5) is 4.31. The fourth-order valence-corrected chi connectivity index (χ4v) is 2.21. The van der Waals surface area contributed by atoms with E-state index in [0.29, 0.717) is 29.7 Å². The average molecular weight is 353 g/mol. The molecule has 0 amide bonds. The number of aromatic nitrogens is 1. The normalized spacial score (nSPS) is 10.3. The molecule has 1 aromatic carbocycles. The maximum absolute atomic E-state index is 5.87. The number of hydrogen-bond acceptors (Lipinski definition) is 5.